The average molecular weight is 654 g/mol. The molecule has 0 unspecified atom stereocenters. The highest BCUT2D eigenvalue weighted by Gasteiger charge is 2.34. The molecule has 4 aromatic rings. The van der Waals surface area contributed by atoms with Crippen LogP contribution in [0.5, 0.6) is 0 Å². The van der Waals surface area contributed by atoms with Gasteiger partial charge in [0.15, 0.2) is 0 Å². The van der Waals surface area contributed by atoms with Crippen LogP contribution in [0.25, 0.3) is 0 Å². The highest BCUT2D eigenvalue weighted by Crippen LogP contribution is 2.27. The first-order valence-electron chi connectivity index (χ1n) is 16.4. The highest BCUT2D eigenvalue weighted by molar-refractivity contribution is 7.92. The molecular weight excluding hydrogens is 607 g/mol. The van der Waals surface area contributed by atoms with Gasteiger partial charge in [0.25, 0.3) is 10.0 Å². The van der Waals surface area contributed by atoms with E-state index in [1.54, 1.807) is 41.3 Å². The number of carbonyl (C=O) groups excluding carboxylic acids is 2. The fourth-order valence-corrected chi connectivity index (χ4v) is 6.76. The molecule has 1 N–H and O–H groups in total. The standard InChI is InChI=1S/C39H47N3O4S/c1-6-7-25-40-39(44)37(26-32-11-9-8-10-12-32)41(27-33-17-13-30(4)14-18-33)38(43)28-42(35-21-19-34(20-22-35)29(2)3)47(45,46)36-23-15-31(5)16-24-36/h8-24,29,37H,6-7,25-28H2,1-5H3,(H,40,44)/t37-/m1/s1. The topological polar surface area (TPSA) is 86.8 Å². The van der Waals surface area contributed by atoms with E-state index in [1.807, 2.05) is 80.6 Å². The van der Waals surface area contributed by atoms with Crippen LogP contribution < -0.4 is 9.62 Å². The van der Waals surface area contributed by atoms with E-state index >= 15 is 0 Å². The molecule has 4 rings (SSSR count). The first-order chi connectivity index (χ1) is 22.5. The van der Waals surface area contributed by atoms with Gasteiger partial charge in [-0.05, 0) is 67.1 Å². The van der Waals surface area contributed by atoms with E-state index in [2.05, 4.69) is 26.1 Å². The molecule has 1 atom stereocenters. The summed E-state index contributed by atoms with van der Waals surface area (Å²) in [5.74, 6) is -0.486. The second-order valence-electron chi connectivity index (χ2n) is 12.4. The molecule has 4 aromatic carbocycles. The lowest BCUT2D eigenvalue weighted by Crippen LogP contribution is -2.53. The third-order valence-corrected chi connectivity index (χ3v) is 10.1. The van der Waals surface area contributed by atoms with E-state index in [9.17, 15) is 18.0 Å². The summed E-state index contributed by atoms with van der Waals surface area (Å²) >= 11 is 0. The number of nitrogens with zero attached hydrogens (tertiary/aromatic N) is 2. The number of hydrogen-bond donors (Lipinski definition) is 1. The number of rotatable bonds is 15. The Kier molecular flexibility index (Phi) is 12.4. The van der Waals surface area contributed by atoms with Crippen molar-refractivity contribution in [3.05, 3.63) is 131 Å². The van der Waals surface area contributed by atoms with Crippen LogP contribution >= 0.6 is 0 Å². The molecule has 0 bridgehead atoms. The molecule has 0 saturated carbocycles. The van der Waals surface area contributed by atoms with Crippen molar-refractivity contribution in [2.75, 3.05) is 17.4 Å². The molecule has 7 nitrogen and oxygen atoms in total. The largest absolute Gasteiger partial charge is 0.354 e. The highest BCUT2D eigenvalue weighted by atomic mass is 32.2. The lowest BCUT2D eigenvalue weighted by molar-refractivity contribution is -0.140. The molecule has 8 heteroatoms. The minimum atomic E-state index is -4.15. The monoisotopic (exact) mass is 653 g/mol. The van der Waals surface area contributed by atoms with Crippen LogP contribution in [0, 0.1) is 13.8 Å². The van der Waals surface area contributed by atoms with Crippen LogP contribution in [0.15, 0.2) is 108 Å². The zero-order chi connectivity index (χ0) is 34.0. The van der Waals surface area contributed by atoms with Gasteiger partial charge in [0, 0.05) is 19.5 Å². The van der Waals surface area contributed by atoms with Crippen molar-refractivity contribution in [1.29, 1.82) is 0 Å². The van der Waals surface area contributed by atoms with Gasteiger partial charge in [-0.1, -0.05) is 117 Å². The Morgan fingerprint density at radius 2 is 1.36 bits per heavy atom. The maximum absolute atomic E-state index is 14.6. The van der Waals surface area contributed by atoms with Crippen molar-refractivity contribution >= 4 is 27.5 Å². The van der Waals surface area contributed by atoms with E-state index in [-0.39, 0.29) is 29.7 Å². The summed E-state index contributed by atoms with van der Waals surface area (Å²) in [7, 11) is -4.15. The van der Waals surface area contributed by atoms with Crippen molar-refractivity contribution in [3.8, 4) is 0 Å². The van der Waals surface area contributed by atoms with Crippen LogP contribution in [0.1, 0.15) is 67.3 Å². The van der Waals surface area contributed by atoms with Crippen molar-refractivity contribution in [2.45, 2.75) is 77.3 Å². The maximum Gasteiger partial charge on any atom is 0.264 e. The number of hydrogen-bond acceptors (Lipinski definition) is 4. The number of benzene rings is 4. The number of aryl methyl sites for hydroxylation is 2. The quantitative estimate of drug-likeness (QED) is 0.138. The van der Waals surface area contributed by atoms with Gasteiger partial charge >= 0.3 is 0 Å². The van der Waals surface area contributed by atoms with Gasteiger partial charge in [0.1, 0.15) is 12.6 Å². The minimum absolute atomic E-state index is 0.0899. The van der Waals surface area contributed by atoms with E-state index in [0.717, 1.165) is 40.7 Å². The number of anilines is 1. The average Bonchev–Trinajstić information content (AvgIpc) is 3.06. The van der Waals surface area contributed by atoms with Gasteiger partial charge in [0.05, 0.1) is 10.6 Å². The van der Waals surface area contributed by atoms with Crippen LogP contribution in [0.2, 0.25) is 0 Å². The summed E-state index contributed by atoms with van der Waals surface area (Å²) in [6, 6.07) is 30.4. The normalized spacial score (nSPS) is 12.0. The van der Waals surface area contributed by atoms with Crippen LogP contribution in [-0.2, 0) is 32.6 Å². The first-order valence-corrected chi connectivity index (χ1v) is 17.8. The fourth-order valence-electron chi connectivity index (χ4n) is 5.34. The third kappa shape index (κ3) is 9.55. The van der Waals surface area contributed by atoms with E-state index in [1.165, 1.54) is 4.31 Å². The lowest BCUT2D eigenvalue weighted by atomic mass is 10.0. The number of carbonyl (C=O) groups is 2. The Bertz CT molecular complexity index is 1700. The van der Waals surface area contributed by atoms with Crippen molar-refractivity contribution in [1.82, 2.24) is 10.2 Å². The Hall–Kier alpha value is -4.43. The van der Waals surface area contributed by atoms with Gasteiger partial charge < -0.3 is 10.2 Å². The fraction of sp³-hybridized carbons (Fsp3) is 0.333. The molecule has 0 fully saturated rings. The zero-order valence-electron chi connectivity index (χ0n) is 28.1. The number of unbranched alkanes of at least 4 members (excludes halogenated alkanes) is 1. The summed E-state index contributed by atoms with van der Waals surface area (Å²) in [5, 5.41) is 3.03. The molecular formula is C39H47N3O4S. The molecule has 0 aliphatic carbocycles. The van der Waals surface area contributed by atoms with Crippen molar-refractivity contribution in [3.63, 3.8) is 0 Å². The second kappa shape index (κ2) is 16.4. The summed E-state index contributed by atoms with van der Waals surface area (Å²) in [6.45, 7) is 10.2. The summed E-state index contributed by atoms with van der Waals surface area (Å²) in [6.07, 6.45) is 2.01. The van der Waals surface area contributed by atoms with Gasteiger partial charge in [-0.3, -0.25) is 13.9 Å². The summed E-state index contributed by atoms with van der Waals surface area (Å²) in [5.41, 5.74) is 5.18. The number of sulfonamides is 1. The van der Waals surface area contributed by atoms with E-state index in [4.69, 9.17) is 0 Å². The summed E-state index contributed by atoms with van der Waals surface area (Å²) < 4.78 is 29.7. The van der Waals surface area contributed by atoms with Crippen LogP contribution in [0.3, 0.4) is 0 Å². The van der Waals surface area contributed by atoms with Crippen molar-refractivity contribution in [2.24, 2.45) is 0 Å². The van der Waals surface area contributed by atoms with Crippen LogP contribution in [-0.4, -0.2) is 44.3 Å². The van der Waals surface area contributed by atoms with Crippen LogP contribution in [0.4, 0.5) is 5.69 Å². The van der Waals surface area contributed by atoms with Gasteiger partial charge in [0.2, 0.25) is 11.8 Å². The Morgan fingerprint density at radius 1 is 0.766 bits per heavy atom. The zero-order valence-corrected chi connectivity index (χ0v) is 29.0. The van der Waals surface area contributed by atoms with Gasteiger partial charge in [-0.15, -0.1) is 0 Å². The molecule has 0 saturated heterocycles. The molecule has 0 aliphatic rings. The third-order valence-electron chi connectivity index (χ3n) is 8.31. The second-order valence-corrected chi connectivity index (χ2v) is 14.3. The Morgan fingerprint density at radius 3 is 1.94 bits per heavy atom. The SMILES string of the molecule is CCCCNC(=O)[C@@H](Cc1ccccc1)N(Cc1ccc(C)cc1)C(=O)CN(c1ccc(C(C)C)cc1)S(=O)(=O)c1ccc(C)cc1. The molecule has 47 heavy (non-hydrogen) atoms. The van der Waals surface area contributed by atoms with Gasteiger partial charge in [-0.25, -0.2) is 8.42 Å². The minimum Gasteiger partial charge on any atom is -0.354 e. The molecule has 0 heterocycles. The predicted molar refractivity (Wildman–Crippen MR) is 190 cm³/mol. The molecule has 2 amide bonds. The molecule has 0 spiro atoms. The smallest absolute Gasteiger partial charge is 0.264 e. The molecule has 0 aromatic heterocycles. The molecule has 0 aliphatic heterocycles. The van der Waals surface area contributed by atoms with E-state index < -0.39 is 28.5 Å². The molecule has 0 radical (unpaired) electrons. The Balaban J connectivity index is 1.79. The Labute approximate surface area is 280 Å². The lowest BCUT2D eigenvalue weighted by Gasteiger charge is -2.34. The van der Waals surface area contributed by atoms with Gasteiger partial charge in [-0.2, -0.15) is 0 Å². The number of nitrogens with one attached hydrogen (secondary N) is 1. The summed E-state index contributed by atoms with van der Waals surface area (Å²) in [4.78, 5) is 30.1. The predicted octanol–water partition coefficient (Wildman–Crippen LogP) is 7.18. The van der Waals surface area contributed by atoms with Crippen molar-refractivity contribution < 1.29 is 18.0 Å². The number of amides is 2. The van der Waals surface area contributed by atoms with E-state index in [0.29, 0.717) is 12.2 Å². The first kappa shape index (κ1) is 35.4. The maximum atomic E-state index is 14.6. The molecule has 248 valence electrons.